The average Bonchev–Trinajstić information content (AvgIpc) is 3.41. The molecule has 2 aromatic rings. The summed E-state index contributed by atoms with van der Waals surface area (Å²) in [6.07, 6.45) is 1.49. The van der Waals surface area contributed by atoms with Crippen molar-refractivity contribution in [1.29, 1.82) is 0 Å². The molecular weight excluding hydrogens is 360 g/mol. The second-order valence-electron chi connectivity index (χ2n) is 7.72. The van der Waals surface area contributed by atoms with E-state index >= 15 is 8.78 Å². The number of esters is 1. The lowest BCUT2D eigenvalue weighted by Crippen LogP contribution is -2.21. The minimum Gasteiger partial charge on any atom is -0.466 e. The van der Waals surface area contributed by atoms with E-state index in [0.717, 1.165) is 35.1 Å². The highest BCUT2D eigenvalue weighted by atomic mass is 19.1. The Labute approximate surface area is 164 Å². The predicted molar refractivity (Wildman–Crippen MR) is 106 cm³/mol. The number of nitrogens with two attached hydrogens (primary N) is 1. The van der Waals surface area contributed by atoms with Crippen LogP contribution in [0.15, 0.2) is 18.2 Å². The van der Waals surface area contributed by atoms with Gasteiger partial charge in [0.05, 0.1) is 13.0 Å². The fraction of sp³-hybridized carbons (Fsp3) is 0.435. The molecule has 0 bridgehead atoms. The molecule has 5 heteroatoms. The van der Waals surface area contributed by atoms with Gasteiger partial charge in [0.2, 0.25) is 0 Å². The van der Waals surface area contributed by atoms with E-state index < -0.39 is 23.6 Å². The Hall–Kier alpha value is -2.27. The first-order valence-corrected chi connectivity index (χ1v) is 9.75. The first-order valence-electron chi connectivity index (χ1n) is 9.75. The van der Waals surface area contributed by atoms with Gasteiger partial charge in [-0.15, -0.1) is 0 Å². The Balaban J connectivity index is 2.17. The van der Waals surface area contributed by atoms with Gasteiger partial charge in [-0.1, -0.05) is 17.7 Å². The van der Waals surface area contributed by atoms with Gasteiger partial charge in [0, 0.05) is 17.2 Å². The largest absolute Gasteiger partial charge is 0.466 e. The topological polar surface area (TPSA) is 52.3 Å². The van der Waals surface area contributed by atoms with Gasteiger partial charge >= 0.3 is 5.97 Å². The lowest BCUT2D eigenvalue weighted by molar-refractivity contribution is -0.143. The summed E-state index contributed by atoms with van der Waals surface area (Å²) >= 11 is 0. The summed E-state index contributed by atoms with van der Waals surface area (Å²) in [4.78, 5) is 11.8. The normalized spacial score (nSPS) is 14.8. The Bertz CT molecular complexity index is 896. The molecule has 1 fully saturated rings. The Morgan fingerprint density at radius 2 is 1.75 bits per heavy atom. The van der Waals surface area contributed by atoms with Gasteiger partial charge in [-0.25, -0.2) is 8.78 Å². The fourth-order valence-corrected chi connectivity index (χ4v) is 3.98. The Morgan fingerprint density at radius 1 is 1.14 bits per heavy atom. The number of carbonyl (C=O) groups excluding carboxylic acids is 1. The monoisotopic (exact) mass is 387 g/mol. The maximum atomic E-state index is 15.6. The summed E-state index contributed by atoms with van der Waals surface area (Å²) in [7, 11) is 0. The van der Waals surface area contributed by atoms with Crippen molar-refractivity contribution >= 4 is 5.97 Å². The number of hydrogen-bond donors (Lipinski definition) is 1. The number of benzene rings is 2. The molecule has 1 atom stereocenters. The van der Waals surface area contributed by atoms with Crippen molar-refractivity contribution in [2.24, 2.45) is 5.73 Å². The smallest absolute Gasteiger partial charge is 0.307 e. The van der Waals surface area contributed by atoms with Gasteiger partial charge in [-0.05, 0) is 74.8 Å². The Kier molecular flexibility index (Phi) is 5.84. The molecule has 1 aliphatic rings. The number of rotatable bonds is 6. The lowest BCUT2D eigenvalue weighted by Gasteiger charge is -2.20. The molecule has 0 heterocycles. The Morgan fingerprint density at radius 3 is 2.29 bits per heavy atom. The number of carbonyl (C=O) groups is 1. The number of halogens is 2. The maximum Gasteiger partial charge on any atom is 0.307 e. The molecule has 0 spiro atoms. The number of hydrogen-bond acceptors (Lipinski definition) is 3. The molecule has 1 saturated carbocycles. The maximum absolute atomic E-state index is 15.6. The molecule has 0 radical (unpaired) electrons. The minimum atomic E-state index is -1.09. The lowest BCUT2D eigenvalue weighted by atomic mass is 9.88. The zero-order valence-electron chi connectivity index (χ0n) is 16.9. The molecule has 3 rings (SSSR count). The van der Waals surface area contributed by atoms with Crippen LogP contribution in [-0.2, 0) is 9.53 Å². The van der Waals surface area contributed by atoms with E-state index in [4.69, 9.17) is 10.5 Å². The van der Waals surface area contributed by atoms with Crippen molar-refractivity contribution in [1.82, 2.24) is 0 Å². The van der Waals surface area contributed by atoms with Crippen molar-refractivity contribution in [2.75, 3.05) is 6.61 Å². The highest BCUT2D eigenvalue weighted by Gasteiger charge is 2.33. The van der Waals surface area contributed by atoms with Crippen LogP contribution in [0, 0.1) is 32.4 Å². The molecule has 1 aliphatic carbocycles. The van der Waals surface area contributed by atoms with Crippen molar-refractivity contribution in [2.45, 2.75) is 58.9 Å². The average molecular weight is 387 g/mol. The highest BCUT2D eigenvalue weighted by Crippen LogP contribution is 2.46. The fourth-order valence-electron chi connectivity index (χ4n) is 3.98. The predicted octanol–water partition coefficient (Wildman–Crippen LogP) is 5.39. The van der Waals surface area contributed by atoms with Gasteiger partial charge in [-0.3, -0.25) is 4.79 Å². The SMILES string of the molecule is CCOC(=O)C[C@H](N)c1c(F)c(-c2c(C)cc(C)cc2C)cc(C2CC2)c1F. The van der Waals surface area contributed by atoms with Crippen LogP contribution in [0.3, 0.4) is 0 Å². The first kappa shape index (κ1) is 20.5. The van der Waals surface area contributed by atoms with Crippen LogP contribution >= 0.6 is 0 Å². The van der Waals surface area contributed by atoms with E-state index in [1.807, 2.05) is 32.9 Å². The van der Waals surface area contributed by atoms with Crippen LogP contribution in [0.25, 0.3) is 11.1 Å². The van der Waals surface area contributed by atoms with E-state index in [0.29, 0.717) is 11.1 Å². The second kappa shape index (κ2) is 8.00. The first-order chi connectivity index (χ1) is 13.2. The molecule has 0 aliphatic heterocycles. The molecule has 150 valence electrons. The summed E-state index contributed by atoms with van der Waals surface area (Å²) in [5, 5.41) is 0. The molecule has 0 saturated heterocycles. The molecule has 3 nitrogen and oxygen atoms in total. The van der Waals surface area contributed by atoms with Crippen LogP contribution in [0.1, 0.15) is 66.0 Å². The van der Waals surface area contributed by atoms with Crippen molar-refractivity contribution in [3.8, 4) is 11.1 Å². The van der Waals surface area contributed by atoms with Crippen molar-refractivity contribution < 1.29 is 18.3 Å². The van der Waals surface area contributed by atoms with Gasteiger partial charge in [0.25, 0.3) is 0 Å². The summed E-state index contributed by atoms with van der Waals surface area (Å²) in [6, 6.07) is 4.51. The molecule has 2 aromatic carbocycles. The van der Waals surface area contributed by atoms with Gasteiger partial charge in [-0.2, -0.15) is 0 Å². The van der Waals surface area contributed by atoms with E-state index in [-0.39, 0.29) is 24.5 Å². The summed E-state index contributed by atoms with van der Waals surface area (Å²) in [5.41, 5.74) is 10.4. The molecule has 0 amide bonds. The zero-order chi connectivity index (χ0) is 20.6. The molecule has 0 aromatic heterocycles. The number of aryl methyl sites for hydroxylation is 3. The summed E-state index contributed by atoms with van der Waals surface area (Å²) < 4.78 is 35.7. The third-order valence-corrected chi connectivity index (χ3v) is 5.29. The van der Waals surface area contributed by atoms with Gasteiger partial charge < -0.3 is 10.5 Å². The summed E-state index contributed by atoms with van der Waals surface area (Å²) in [5.74, 6) is -1.79. The third kappa shape index (κ3) is 3.95. The second-order valence-corrected chi connectivity index (χ2v) is 7.72. The van der Waals surface area contributed by atoms with Crippen LogP contribution < -0.4 is 5.73 Å². The molecule has 28 heavy (non-hydrogen) atoms. The van der Waals surface area contributed by atoms with Crippen LogP contribution in [-0.4, -0.2) is 12.6 Å². The van der Waals surface area contributed by atoms with E-state index in [9.17, 15) is 4.79 Å². The minimum absolute atomic E-state index is 0.0824. The molecular formula is C23H27F2NO2. The van der Waals surface area contributed by atoms with Crippen LogP contribution in [0.4, 0.5) is 8.78 Å². The summed E-state index contributed by atoms with van der Waals surface area (Å²) in [6.45, 7) is 7.71. The highest BCUT2D eigenvalue weighted by molar-refractivity contribution is 5.75. The number of ether oxygens (including phenoxy) is 1. The third-order valence-electron chi connectivity index (χ3n) is 5.29. The van der Waals surface area contributed by atoms with Gasteiger partial charge in [0.15, 0.2) is 0 Å². The van der Waals surface area contributed by atoms with Crippen LogP contribution in [0.2, 0.25) is 0 Å². The molecule has 2 N–H and O–H groups in total. The van der Waals surface area contributed by atoms with Gasteiger partial charge in [0.1, 0.15) is 11.6 Å². The van der Waals surface area contributed by atoms with Crippen LogP contribution in [0.5, 0.6) is 0 Å². The van der Waals surface area contributed by atoms with E-state index in [1.165, 1.54) is 0 Å². The zero-order valence-corrected chi connectivity index (χ0v) is 16.9. The van der Waals surface area contributed by atoms with E-state index in [2.05, 4.69) is 0 Å². The van der Waals surface area contributed by atoms with Crippen molar-refractivity contribution in [3.05, 3.63) is 57.7 Å². The molecule has 0 unspecified atom stereocenters. The van der Waals surface area contributed by atoms with E-state index in [1.54, 1.807) is 13.0 Å². The van der Waals surface area contributed by atoms with Crippen molar-refractivity contribution in [3.63, 3.8) is 0 Å². The quantitative estimate of drug-likeness (QED) is 0.677. The standard InChI is InChI=1S/C23H27F2NO2/c1-5-28-19(27)11-18(26)21-22(24)16(15-6-7-15)10-17(23(21)25)20-13(3)8-12(2)9-14(20)4/h8-10,15,18H,5-7,11,26H2,1-4H3/t18-/m0/s1.